The van der Waals surface area contributed by atoms with E-state index in [4.69, 9.17) is 4.42 Å². The number of Topliss-reactive ketones (excluding diaryl/α,β-unsaturated/α-hetero) is 1. The van der Waals surface area contributed by atoms with Gasteiger partial charge in [-0.3, -0.25) is 9.59 Å². The van der Waals surface area contributed by atoms with Gasteiger partial charge in [0.25, 0.3) is 11.1 Å². The van der Waals surface area contributed by atoms with Gasteiger partial charge in [0.1, 0.15) is 5.82 Å². The Hall–Kier alpha value is -3.00. The first-order chi connectivity index (χ1) is 13.0. The summed E-state index contributed by atoms with van der Waals surface area (Å²) in [6.07, 6.45) is 0. The number of nitrogens with one attached hydrogen (secondary N) is 1. The van der Waals surface area contributed by atoms with E-state index in [0.717, 1.165) is 11.8 Å². The molecule has 0 aliphatic heterocycles. The summed E-state index contributed by atoms with van der Waals surface area (Å²) in [4.78, 5) is 24.1. The Bertz CT molecular complexity index is 990. The second-order valence-electron chi connectivity index (χ2n) is 5.70. The van der Waals surface area contributed by atoms with Crippen LogP contribution in [0.3, 0.4) is 0 Å². The molecule has 6 nitrogen and oxygen atoms in total. The van der Waals surface area contributed by atoms with E-state index in [-0.39, 0.29) is 28.4 Å². The molecular weight excluding hydrogens is 369 g/mol. The summed E-state index contributed by atoms with van der Waals surface area (Å²) in [7, 11) is 0. The van der Waals surface area contributed by atoms with Gasteiger partial charge in [-0.2, -0.15) is 0 Å². The molecule has 0 fully saturated rings. The van der Waals surface area contributed by atoms with Crippen LogP contribution in [-0.2, 0) is 4.79 Å². The average molecular weight is 385 g/mol. The summed E-state index contributed by atoms with van der Waals surface area (Å²) in [6, 6.07) is 12.8. The number of benzene rings is 2. The maximum absolute atomic E-state index is 13.8. The molecule has 0 aliphatic rings. The zero-order chi connectivity index (χ0) is 19.4. The van der Waals surface area contributed by atoms with E-state index in [1.165, 1.54) is 19.1 Å². The fraction of sp³-hybridized carbons (Fsp3) is 0.158. The van der Waals surface area contributed by atoms with Crippen molar-refractivity contribution in [2.24, 2.45) is 0 Å². The molecule has 8 heteroatoms. The van der Waals surface area contributed by atoms with Crippen molar-refractivity contribution in [1.29, 1.82) is 0 Å². The fourth-order valence-corrected chi connectivity index (χ4v) is 3.02. The lowest BCUT2D eigenvalue weighted by Crippen LogP contribution is -2.23. The molecule has 0 unspecified atom stereocenters. The molecule has 1 atom stereocenters. The van der Waals surface area contributed by atoms with Crippen molar-refractivity contribution in [3.8, 4) is 11.5 Å². The van der Waals surface area contributed by atoms with Gasteiger partial charge < -0.3 is 9.73 Å². The maximum Gasteiger partial charge on any atom is 0.277 e. The van der Waals surface area contributed by atoms with Crippen LogP contribution in [0.25, 0.3) is 11.5 Å². The lowest BCUT2D eigenvalue weighted by Gasteiger charge is -2.12. The normalized spacial score (nSPS) is 11.8. The number of aromatic nitrogens is 2. The second kappa shape index (κ2) is 8.13. The van der Waals surface area contributed by atoms with Crippen molar-refractivity contribution in [3.05, 3.63) is 59.9 Å². The topological polar surface area (TPSA) is 85.1 Å². The largest absolute Gasteiger partial charge is 0.411 e. The number of anilines is 1. The van der Waals surface area contributed by atoms with Crippen LogP contribution in [0.2, 0.25) is 0 Å². The van der Waals surface area contributed by atoms with E-state index in [1.807, 2.05) is 0 Å². The molecule has 1 N–H and O–H groups in total. The first-order valence-electron chi connectivity index (χ1n) is 8.11. The van der Waals surface area contributed by atoms with Gasteiger partial charge in [-0.15, -0.1) is 10.2 Å². The van der Waals surface area contributed by atoms with Crippen molar-refractivity contribution in [2.45, 2.75) is 24.3 Å². The van der Waals surface area contributed by atoms with E-state index in [0.29, 0.717) is 11.3 Å². The molecule has 27 heavy (non-hydrogen) atoms. The van der Waals surface area contributed by atoms with Gasteiger partial charge in [0.2, 0.25) is 5.91 Å². The summed E-state index contributed by atoms with van der Waals surface area (Å²) in [5, 5.41) is 9.99. The highest BCUT2D eigenvalue weighted by Crippen LogP contribution is 2.28. The lowest BCUT2D eigenvalue weighted by atomic mass is 10.1. The molecule has 138 valence electrons. The van der Waals surface area contributed by atoms with Gasteiger partial charge in [-0.1, -0.05) is 36.0 Å². The third-order valence-corrected chi connectivity index (χ3v) is 4.66. The van der Waals surface area contributed by atoms with E-state index in [2.05, 4.69) is 15.5 Å². The molecule has 3 rings (SSSR count). The molecule has 0 aliphatic carbocycles. The van der Waals surface area contributed by atoms with Gasteiger partial charge in [-0.25, -0.2) is 4.39 Å². The van der Waals surface area contributed by atoms with Crippen LogP contribution in [0.4, 0.5) is 10.1 Å². The summed E-state index contributed by atoms with van der Waals surface area (Å²) in [6.45, 7) is 3.11. The van der Waals surface area contributed by atoms with Crippen molar-refractivity contribution in [1.82, 2.24) is 10.2 Å². The summed E-state index contributed by atoms with van der Waals surface area (Å²) < 4.78 is 19.2. The molecule has 1 heterocycles. The Morgan fingerprint density at radius 2 is 1.81 bits per heavy atom. The molecule has 0 saturated heterocycles. The third-order valence-electron chi connectivity index (χ3n) is 3.72. The van der Waals surface area contributed by atoms with Gasteiger partial charge in [0.05, 0.1) is 16.5 Å². The molecule has 3 aromatic rings. The Morgan fingerprint density at radius 3 is 2.56 bits per heavy atom. The van der Waals surface area contributed by atoms with E-state index >= 15 is 0 Å². The quantitative estimate of drug-likeness (QED) is 0.506. The SMILES string of the molecule is CC(=O)c1ccccc1NC(=O)[C@H](C)Sc1nnc(-c2ccccc2F)o1. The van der Waals surface area contributed by atoms with Crippen LogP contribution in [0.1, 0.15) is 24.2 Å². The zero-order valence-corrected chi connectivity index (χ0v) is 15.4. The van der Waals surface area contributed by atoms with Crippen LogP contribution >= 0.6 is 11.8 Å². The molecule has 1 aromatic heterocycles. The van der Waals surface area contributed by atoms with Crippen LogP contribution < -0.4 is 5.32 Å². The zero-order valence-electron chi connectivity index (χ0n) is 14.6. The predicted molar refractivity (Wildman–Crippen MR) is 100 cm³/mol. The van der Waals surface area contributed by atoms with Gasteiger partial charge >= 0.3 is 0 Å². The number of nitrogens with zero attached hydrogens (tertiary/aromatic N) is 2. The van der Waals surface area contributed by atoms with Crippen LogP contribution in [0, 0.1) is 5.82 Å². The number of carbonyl (C=O) groups is 2. The second-order valence-corrected chi connectivity index (χ2v) is 7.00. The molecule has 0 bridgehead atoms. The minimum atomic E-state index is -0.570. The van der Waals surface area contributed by atoms with Crippen molar-refractivity contribution < 1.29 is 18.4 Å². The molecule has 0 saturated carbocycles. The smallest absolute Gasteiger partial charge is 0.277 e. The lowest BCUT2D eigenvalue weighted by molar-refractivity contribution is -0.115. The summed E-state index contributed by atoms with van der Waals surface area (Å²) in [5.74, 6) is -0.883. The van der Waals surface area contributed by atoms with Crippen LogP contribution in [0.15, 0.2) is 58.2 Å². The van der Waals surface area contributed by atoms with Crippen molar-refractivity contribution in [3.63, 3.8) is 0 Å². The van der Waals surface area contributed by atoms with E-state index in [1.54, 1.807) is 43.3 Å². The number of hydrogen-bond donors (Lipinski definition) is 1. The number of rotatable bonds is 6. The van der Waals surface area contributed by atoms with Gasteiger partial charge in [-0.05, 0) is 38.1 Å². The van der Waals surface area contributed by atoms with Crippen molar-refractivity contribution >= 4 is 29.1 Å². The summed E-state index contributed by atoms with van der Waals surface area (Å²) in [5.41, 5.74) is 1.08. The third kappa shape index (κ3) is 4.40. The monoisotopic (exact) mass is 385 g/mol. The van der Waals surface area contributed by atoms with E-state index < -0.39 is 11.1 Å². The molecule has 0 spiro atoms. The Morgan fingerprint density at radius 1 is 1.11 bits per heavy atom. The minimum absolute atomic E-state index is 0.0464. The van der Waals surface area contributed by atoms with Gasteiger partial charge in [0, 0.05) is 5.56 Å². The number of ketones is 1. The number of para-hydroxylation sites is 1. The average Bonchev–Trinajstić information content (AvgIpc) is 3.10. The number of thioether (sulfide) groups is 1. The van der Waals surface area contributed by atoms with Crippen molar-refractivity contribution in [2.75, 3.05) is 5.32 Å². The highest BCUT2D eigenvalue weighted by molar-refractivity contribution is 8.00. The van der Waals surface area contributed by atoms with Crippen LogP contribution in [0.5, 0.6) is 0 Å². The minimum Gasteiger partial charge on any atom is -0.411 e. The standard InChI is InChI=1S/C19H16FN3O3S/c1-11(24)13-7-4-6-10-16(13)21-17(25)12(2)27-19-23-22-18(26-19)14-8-3-5-9-15(14)20/h3-10,12H,1-2H3,(H,21,25)/t12-/m0/s1. The maximum atomic E-state index is 13.8. The molecule has 2 aromatic carbocycles. The summed E-state index contributed by atoms with van der Waals surface area (Å²) >= 11 is 1.05. The molecular formula is C19H16FN3O3S. The predicted octanol–water partition coefficient (Wildman–Crippen LogP) is 4.20. The molecule has 1 amide bonds. The Labute approximate surface area is 159 Å². The van der Waals surface area contributed by atoms with E-state index in [9.17, 15) is 14.0 Å². The fourth-order valence-electron chi connectivity index (χ4n) is 2.34. The Balaban J connectivity index is 1.69. The highest BCUT2D eigenvalue weighted by atomic mass is 32.2. The first-order valence-corrected chi connectivity index (χ1v) is 8.99. The number of hydrogen-bond acceptors (Lipinski definition) is 6. The number of carbonyl (C=O) groups excluding carboxylic acids is 2. The Kier molecular flexibility index (Phi) is 5.66. The highest BCUT2D eigenvalue weighted by Gasteiger charge is 2.21. The number of amides is 1. The first kappa shape index (κ1) is 18.8. The number of halogens is 1. The molecule has 0 radical (unpaired) electrons. The van der Waals surface area contributed by atoms with Crippen LogP contribution in [-0.4, -0.2) is 27.1 Å². The van der Waals surface area contributed by atoms with Gasteiger partial charge in [0.15, 0.2) is 5.78 Å².